The van der Waals surface area contributed by atoms with Crippen molar-refractivity contribution < 1.29 is 4.74 Å². The number of hydrogen-bond acceptors (Lipinski definition) is 4. The number of nitrogens with zero attached hydrogens (tertiary/aromatic N) is 4. The van der Waals surface area contributed by atoms with E-state index < -0.39 is 0 Å². The molecule has 0 aliphatic rings. The first-order valence-electron chi connectivity index (χ1n) is 3.75. The molecule has 5 nitrogen and oxygen atoms in total. The second-order valence-corrected chi connectivity index (χ2v) is 2.40. The lowest BCUT2D eigenvalue weighted by molar-refractivity contribution is 0.412. The van der Waals surface area contributed by atoms with Crippen LogP contribution in [0.1, 0.15) is 0 Å². The minimum Gasteiger partial charge on any atom is -0.495 e. The maximum absolute atomic E-state index is 4.98. The summed E-state index contributed by atoms with van der Waals surface area (Å²) in [5.74, 6) is 1.45. The Labute approximate surface area is 75.0 Å². The first-order chi connectivity index (χ1) is 6.40. The Balaban J connectivity index is 2.33. The standard InChI is InChI=1S/C8H8N4O/c1-13-7-2-3-8(10-4-7)12-6-9-5-11-12/h2-6H,1H3. The Morgan fingerprint density at radius 2 is 2.31 bits per heavy atom. The van der Waals surface area contributed by atoms with Crippen molar-refractivity contribution in [1.29, 1.82) is 0 Å². The summed E-state index contributed by atoms with van der Waals surface area (Å²) >= 11 is 0. The van der Waals surface area contributed by atoms with E-state index in [1.165, 1.54) is 6.33 Å². The molecule has 0 amide bonds. The minimum atomic E-state index is 0.721. The molecule has 2 aromatic rings. The van der Waals surface area contributed by atoms with Gasteiger partial charge in [0.15, 0.2) is 5.82 Å². The van der Waals surface area contributed by atoms with Gasteiger partial charge in [0.05, 0.1) is 13.3 Å². The normalized spacial score (nSPS) is 9.92. The van der Waals surface area contributed by atoms with Crippen molar-refractivity contribution in [3.8, 4) is 11.6 Å². The van der Waals surface area contributed by atoms with Gasteiger partial charge in [-0.2, -0.15) is 5.10 Å². The van der Waals surface area contributed by atoms with E-state index in [9.17, 15) is 0 Å². The molecule has 66 valence electrons. The molecule has 2 heterocycles. The molecule has 13 heavy (non-hydrogen) atoms. The Bertz CT molecular complexity index is 368. The fourth-order valence-corrected chi connectivity index (χ4v) is 0.955. The lowest BCUT2D eigenvalue weighted by atomic mass is 10.4. The molecular formula is C8H8N4O. The molecule has 0 aliphatic carbocycles. The van der Waals surface area contributed by atoms with Gasteiger partial charge in [-0.3, -0.25) is 0 Å². The van der Waals surface area contributed by atoms with Gasteiger partial charge >= 0.3 is 0 Å². The minimum absolute atomic E-state index is 0.721. The highest BCUT2D eigenvalue weighted by atomic mass is 16.5. The summed E-state index contributed by atoms with van der Waals surface area (Å²) in [6.45, 7) is 0. The van der Waals surface area contributed by atoms with Crippen molar-refractivity contribution in [3.05, 3.63) is 31.0 Å². The van der Waals surface area contributed by atoms with Crippen molar-refractivity contribution in [2.45, 2.75) is 0 Å². The van der Waals surface area contributed by atoms with Crippen LogP contribution in [-0.4, -0.2) is 26.9 Å². The van der Waals surface area contributed by atoms with Crippen LogP contribution in [0.3, 0.4) is 0 Å². The molecule has 0 aromatic carbocycles. The van der Waals surface area contributed by atoms with Crippen LogP contribution in [0, 0.1) is 0 Å². The van der Waals surface area contributed by atoms with Crippen molar-refractivity contribution in [3.63, 3.8) is 0 Å². The Morgan fingerprint density at radius 3 is 2.85 bits per heavy atom. The summed E-state index contributed by atoms with van der Waals surface area (Å²) in [5.41, 5.74) is 0. The highest BCUT2D eigenvalue weighted by Crippen LogP contribution is 2.09. The molecule has 0 atom stereocenters. The Hall–Kier alpha value is -1.91. The third kappa shape index (κ3) is 1.48. The smallest absolute Gasteiger partial charge is 0.155 e. The number of aromatic nitrogens is 4. The monoisotopic (exact) mass is 176 g/mol. The average molecular weight is 176 g/mol. The molecule has 0 aliphatic heterocycles. The van der Waals surface area contributed by atoms with Crippen LogP contribution in [-0.2, 0) is 0 Å². The van der Waals surface area contributed by atoms with Crippen LogP contribution >= 0.6 is 0 Å². The van der Waals surface area contributed by atoms with Gasteiger partial charge in [0.2, 0.25) is 0 Å². The predicted octanol–water partition coefficient (Wildman–Crippen LogP) is 0.671. The van der Waals surface area contributed by atoms with Crippen molar-refractivity contribution >= 4 is 0 Å². The van der Waals surface area contributed by atoms with Crippen molar-refractivity contribution in [2.75, 3.05) is 7.11 Å². The van der Waals surface area contributed by atoms with Gasteiger partial charge in [-0.15, -0.1) is 0 Å². The van der Waals surface area contributed by atoms with E-state index in [1.54, 1.807) is 24.3 Å². The first kappa shape index (κ1) is 7.72. The number of hydrogen-bond donors (Lipinski definition) is 0. The molecule has 0 saturated carbocycles. The molecule has 2 aromatic heterocycles. The van der Waals surface area contributed by atoms with Gasteiger partial charge in [0.25, 0.3) is 0 Å². The van der Waals surface area contributed by atoms with Gasteiger partial charge < -0.3 is 4.74 Å². The Kier molecular flexibility index (Phi) is 1.91. The molecule has 2 rings (SSSR count). The SMILES string of the molecule is COc1ccc(-n2cncn2)nc1. The Morgan fingerprint density at radius 1 is 1.38 bits per heavy atom. The molecule has 0 unspecified atom stereocenters. The van der Waals surface area contributed by atoms with Crippen molar-refractivity contribution in [2.24, 2.45) is 0 Å². The van der Waals surface area contributed by atoms with Gasteiger partial charge in [-0.1, -0.05) is 0 Å². The van der Waals surface area contributed by atoms with Gasteiger partial charge in [-0.05, 0) is 12.1 Å². The molecule has 0 bridgehead atoms. The van der Waals surface area contributed by atoms with Gasteiger partial charge in [-0.25, -0.2) is 14.6 Å². The van der Waals surface area contributed by atoms with E-state index in [1.807, 2.05) is 12.1 Å². The van der Waals surface area contributed by atoms with E-state index >= 15 is 0 Å². The molecule has 0 radical (unpaired) electrons. The van der Waals surface area contributed by atoms with E-state index in [-0.39, 0.29) is 0 Å². The number of methoxy groups -OCH3 is 1. The number of pyridine rings is 1. The first-order valence-corrected chi connectivity index (χ1v) is 3.75. The number of rotatable bonds is 2. The second kappa shape index (κ2) is 3.22. The van der Waals surface area contributed by atoms with Crippen LogP contribution in [0.25, 0.3) is 5.82 Å². The lowest BCUT2D eigenvalue weighted by Gasteiger charge is -2.00. The number of ether oxygens (including phenoxy) is 1. The topological polar surface area (TPSA) is 52.8 Å². The quantitative estimate of drug-likeness (QED) is 0.674. The summed E-state index contributed by atoms with van der Waals surface area (Å²) in [5, 5.41) is 3.94. The maximum atomic E-state index is 4.98. The summed E-state index contributed by atoms with van der Waals surface area (Å²) in [4.78, 5) is 7.95. The molecular weight excluding hydrogens is 168 g/mol. The zero-order valence-electron chi connectivity index (χ0n) is 7.08. The van der Waals surface area contributed by atoms with Crippen LogP contribution in [0.15, 0.2) is 31.0 Å². The van der Waals surface area contributed by atoms with E-state index in [4.69, 9.17) is 4.74 Å². The predicted molar refractivity (Wildman–Crippen MR) is 45.7 cm³/mol. The van der Waals surface area contributed by atoms with Crippen molar-refractivity contribution in [1.82, 2.24) is 19.7 Å². The second-order valence-electron chi connectivity index (χ2n) is 2.40. The molecule has 0 saturated heterocycles. The average Bonchev–Trinajstić information content (AvgIpc) is 2.71. The van der Waals surface area contributed by atoms with E-state index in [0.717, 1.165) is 11.6 Å². The molecule has 0 spiro atoms. The maximum Gasteiger partial charge on any atom is 0.155 e. The van der Waals surface area contributed by atoms with E-state index in [2.05, 4.69) is 15.1 Å². The molecule has 0 N–H and O–H groups in total. The fraction of sp³-hybridized carbons (Fsp3) is 0.125. The summed E-state index contributed by atoms with van der Waals surface area (Å²) in [6.07, 6.45) is 4.69. The van der Waals surface area contributed by atoms with Crippen LogP contribution in [0.2, 0.25) is 0 Å². The van der Waals surface area contributed by atoms with E-state index in [0.29, 0.717) is 0 Å². The fourth-order valence-electron chi connectivity index (χ4n) is 0.955. The highest BCUT2D eigenvalue weighted by Gasteiger charge is 1.97. The van der Waals surface area contributed by atoms with Gasteiger partial charge in [0, 0.05) is 0 Å². The third-order valence-electron chi connectivity index (χ3n) is 1.61. The largest absolute Gasteiger partial charge is 0.495 e. The van der Waals surface area contributed by atoms with Crippen LogP contribution < -0.4 is 4.74 Å². The zero-order chi connectivity index (χ0) is 9.10. The summed E-state index contributed by atoms with van der Waals surface area (Å²) < 4.78 is 6.56. The summed E-state index contributed by atoms with van der Waals surface area (Å²) in [7, 11) is 1.60. The van der Waals surface area contributed by atoms with Crippen LogP contribution in [0.5, 0.6) is 5.75 Å². The third-order valence-corrected chi connectivity index (χ3v) is 1.61. The highest BCUT2D eigenvalue weighted by molar-refractivity contribution is 5.27. The van der Waals surface area contributed by atoms with Gasteiger partial charge in [0.1, 0.15) is 18.4 Å². The summed E-state index contributed by atoms with van der Waals surface area (Å²) in [6, 6.07) is 3.64. The lowest BCUT2D eigenvalue weighted by Crippen LogP contribution is -1.97. The van der Waals surface area contributed by atoms with Crippen LogP contribution in [0.4, 0.5) is 0 Å². The molecule has 0 fully saturated rings. The molecule has 5 heteroatoms. The zero-order valence-corrected chi connectivity index (χ0v) is 7.08.